The summed E-state index contributed by atoms with van der Waals surface area (Å²) in [6.07, 6.45) is -0.744. The topological polar surface area (TPSA) is 96.9 Å². The Labute approximate surface area is 127 Å². The molecule has 8 heteroatoms. The Balaban J connectivity index is 2.86. The predicted molar refractivity (Wildman–Crippen MR) is 77.9 cm³/mol. The van der Waals surface area contributed by atoms with E-state index in [1.54, 1.807) is 0 Å². The van der Waals surface area contributed by atoms with Crippen molar-refractivity contribution in [1.82, 2.24) is 5.32 Å². The lowest BCUT2D eigenvalue weighted by Gasteiger charge is -2.13. The Morgan fingerprint density at radius 3 is 2.38 bits per heavy atom. The maximum Gasteiger partial charge on any atom is 0.313 e. The Bertz CT molecular complexity index is 534. The molecule has 116 valence electrons. The number of benzene rings is 1. The first-order chi connectivity index (χ1) is 9.88. The first kappa shape index (κ1) is 17.1. The van der Waals surface area contributed by atoms with Gasteiger partial charge in [0, 0.05) is 18.7 Å². The number of aliphatic hydroxyl groups is 1. The number of amides is 2. The SMILES string of the molecule is COc1cc(NC(=O)C(=O)NCC(C)O)c(OC)cc1Cl. The molecule has 0 aromatic heterocycles. The van der Waals surface area contributed by atoms with Crippen molar-refractivity contribution >= 4 is 29.1 Å². The van der Waals surface area contributed by atoms with Gasteiger partial charge in [0.1, 0.15) is 11.5 Å². The van der Waals surface area contributed by atoms with Crippen molar-refractivity contribution in [3.63, 3.8) is 0 Å². The molecule has 1 aromatic rings. The zero-order valence-electron chi connectivity index (χ0n) is 11.9. The van der Waals surface area contributed by atoms with Gasteiger partial charge in [0.2, 0.25) is 0 Å². The van der Waals surface area contributed by atoms with Crippen LogP contribution < -0.4 is 20.1 Å². The largest absolute Gasteiger partial charge is 0.495 e. The van der Waals surface area contributed by atoms with E-state index in [0.29, 0.717) is 10.8 Å². The summed E-state index contributed by atoms with van der Waals surface area (Å²) in [6, 6.07) is 2.91. The highest BCUT2D eigenvalue weighted by molar-refractivity contribution is 6.40. The van der Waals surface area contributed by atoms with Crippen molar-refractivity contribution in [2.24, 2.45) is 0 Å². The van der Waals surface area contributed by atoms with Crippen molar-refractivity contribution in [2.75, 3.05) is 26.1 Å². The summed E-state index contributed by atoms with van der Waals surface area (Å²) in [5, 5.41) is 14.0. The molecular weight excluding hydrogens is 300 g/mol. The minimum Gasteiger partial charge on any atom is -0.495 e. The first-order valence-electron chi connectivity index (χ1n) is 6.07. The molecule has 2 amide bonds. The summed E-state index contributed by atoms with van der Waals surface area (Å²) in [7, 11) is 2.83. The van der Waals surface area contributed by atoms with Gasteiger partial charge in [-0.05, 0) is 6.92 Å². The van der Waals surface area contributed by atoms with Gasteiger partial charge in [0.25, 0.3) is 0 Å². The lowest BCUT2D eigenvalue weighted by molar-refractivity contribution is -0.136. The number of halogens is 1. The fourth-order valence-corrected chi connectivity index (χ4v) is 1.69. The van der Waals surface area contributed by atoms with Crippen LogP contribution in [0.1, 0.15) is 6.92 Å². The number of anilines is 1. The second kappa shape index (κ2) is 7.70. The van der Waals surface area contributed by atoms with Crippen molar-refractivity contribution in [3.8, 4) is 11.5 Å². The lowest BCUT2D eigenvalue weighted by Crippen LogP contribution is -2.38. The second-order valence-electron chi connectivity index (χ2n) is 4.20. The first-order valence-corrected chi connectivity index (χ1v) is 6.45. The molecule has 0 aliphatic heterocycles. The summed E-state index contributed by atoms with van der Waals surface area (Å²) in [4.78, 5) is 23.3. The van der Waals surface area contributed by atoms with E-state index in [-0.39, 0.29) is 18.0 Å². The molecular formula is C13H17ClN2O5. The van der Waals surface area contributed by atoms with Gasteiger partial charge in [-0.25, -0.2) is 0 Å². The number of methoxy groups -OCH3 is 2. The van der Waals surface area contributed by atoms with Gasteiger partial charge < -0.3 is 25.2 Å². The zero-order chi connectivity index (χ0) is 16.0. The molecule has 1 aromatic carbocycles. The van der Waals surface area contributed by atoms with E-state index in [2.05, 4.69) is 10.6 Å². The summed E-state index contributed by atoms with van der Waals surface area (Å²) < 4.78 is 10.1. The highest BCUT2D eigenvalue weighted by Gasteiger charge is 2.17. The van der Waals surface area contributed by atoms with E-state index in [1.165, 1.54) is 33.3 Å². The van der Waals surface area contributed by atoms with Crippen LogP contribution in [0.5, 0.6) is 11.5 Å². The zero-order valence-corrected chi connectivity index (χ0v) is 12.7. The molecule has 0 saturated heterocycles. The highest BCUT2D eigenvalue weighted by atomic mass is 35.5. The minimum absolute atomic E-state index is 0.0205. The molecule has 0 saturated carbocycles. The van der Waals surface area contributed by atoms with Crippen molar-refractivity contribution in [2.45, 2.75) is 13.0 Å². The molecule has 0 bridgehead atoms. The van der Waals surface area contributed by atoms with Crippen LogP contribution >= 0.6 is 11.6 Å². The molecule has 1 unspecified atom stereocenters. The third-order valence-corrected chi connectivity index (χ3v) is 2.78. The molecule has 7 nitrogen and oxygen atoms in total. The van der Waals surface area contributed by atoms with Crippen LogP contribution in [0.25, 0.3) is 0 Å². The Morgan fingerprint density at radius 2 is 1.86 bits per heavy atom. The molecule has 3 N–H and O–H groups in total. The van der Waals surface area contributed by atoms with Crippen LogP contribution in [0.4, 0.5) is 5.69 Å². The minimum atomic E-state index is -0.890. The van der Waals surface area contributed by atoms with E-state index in [0.717, 1.165) is 0 Å². The van der Waals surface area contributed by atoms with Crippen LogP contribution in [0.2, 0.25) is 5.02 Å². The average Bonchev–Trinajstić information content (AvgIpc) is 2.45. The normalized spacial score (nSPS) is 11.5. The van der Waals surface area contributed by atoms with Crippen LogP contribution in [-0.2, 0) is 9.59 Å². The van der Waals surface area contributed by atoms with E-state index in [4.69, 9.17) is 26.2 Å². The molecule has 0 fully saturated rings. The van der Waals surface area contributed by atoms with Crippen LogP contribution in [0.15, 0.2) is 12.1 Å². The van der Waals surface area contributed by atoms with E-state index < -0.39 is 17.9 Å². The number of rotatable bonds is 5. The quantitative estimate of drug-likeness (QED) is 0.698. The van der Waals surface area contributed by atoms with Crippen LogP contribution in [-0.4, -0.2) is 43.8 Å². The van der Waals surface area contributed by atoms with Gasteiger partial charge in [0.15, 0.2) is 0 Å². The van der Waals surface area contributed by atoms with E-state index in [1.807, 2.05) is 0 Å². The highest BCUT2D eigenvalue weighted by Crippen LogP contribution is 2.35. The molecule has 0 aliphatic rings. The monoisotopic (exact) mass is 316 g/mol. The van der Waals surface area contributed by atoms with E-state index in [9.17, 15) is 9.59 Å². The van der Waals surface area contributed by atoms with Gasteiger partial charge in [-0.15, -0.1) is 0 Å². The third-order valence-electron chi connectivity index (χ3n) is 2.49. The van der Waals surface area contributed by atoms with Gasteiger partial charge in [-0.3, -0.25) is 9.59 Å². The smallest absolute Gasteiger partial charge is 0.313 e. The Kier molecular flexibility index (Phi) is 6.26. The second-order valence-corrected chi connectivity index (χ2v) is 4.61. The van der Waals surface area contributed by atoms with Crippen molar-refractivity contribution in [1.29, 1.82) is 0 Å². The van der Waals surface area contributed by atoms with Crippen molar-refractivity contribution < 1.29 is 24.2 Å². The van der Waals surface area contributed by atoms with Crippen LogP contribution in [0.3, 0.4) is 0 Å². The molecule has 0 spiro atoms. The summed E-state index contributed by atoms with van der Waals surface area (Å²) >= 11 is 5.94. The third kappa shape index (κ3) is 4.80. The molecule has 0 aliphatic carbocycles. The standard InChI is InChI=1S/C13H17ClN2O5/c1-7(17)6-15-12(18)13(19)16-9-5-10(20-2)8(14)4-11(9)21-3/h4-5,7,17H,6H2,1-3H3,(H,15,18)(H,16,19). The molecule has 1 rings (SSSR count). The molecule has 1 atom stereocenters. The van der Waals surface area contributed by atoms with E-state index >= 15 is 0 Å². The Hall–Kier alpha value is -1.99. The molecule has 0 radical (unpaired) electrons. The number of hydrogen-bond acceptors (Lipinski definition) is 5. The maximum absolute atomic E-state index is 11.7. The Morgan fingerprint density at radius 1 is 1.24 bits per heavy atom. The number of carbonyl (C=O) groups is 2. The van der Waals surface area contributed by atoms with Gasteiger partial charge in [-0.1, -0.05) is 11.6 Å². The summed E-state index contributed by atoms with van der Waals surface area (Å²) in [6.45, 7) is 1.47. The lowest BCUT2D eigenvalue weighted by atomic mass is 10.2. The maximum atomic E-state index is 11.7. The fourth-order valence-electron chi connectivity index (χ4n) is 1.46. The number of aliphatic hydroxyl groups excluding tert-OH is 1. The summed E-state index contributed by atoms with van der Waals surface area (Å²) in [5.41, 5.74) is 0.246. The van der Waals surface area contributed by atoms with Crippen molar-refractivity contribution in [3.05, 3.63) is 17.2 Å². The summed E-state index contributed by atoms with van der Waals surface area (Å²) in [5.74, 6) is -1.14. The number of ether oxygens (including phenoxy) is 2. The fraction of sp³-hybridized carbons (Fsp3) is 0.385. The van der Waals surface area contributed by atoms with Gasteiger partial charge in [0.05, 0.1) is 31.0 Å². The van der Waals surface area contributed by atoms with Crippen LogP contribution in [0, 0.1) is 0 Å². The predicted octanol–water partition coefficient (Wildman–Crippen LogP) is 0.793. The number of carbonyl (C=O) groups excluding carboxylic acids is 2. The molecule has 0 heterocycles. The number of hydrogen-bond donors (Lipinski definition) is 3. The average molecular weight is 317 g/mol. The van der Waals surface area contributed by atoms with Gasteiger partial charge in [-0.2, -0.15) is 0 Å². The number of nitrogens with one attached hydrogen (secondary N) is 2. The molecule has 21 heavy (non-hydrogen) atoms. The van der Waals surface area contributed by atoms with Gasteiger partial charge >= 0.3 is 11.8 Å².